The molecule has 0 spiro atoms. The molecule has 8 heteroatoms. The number of carbonyl (C=O) groups is 2. The van der Waals surface area contributed by atoms with Gasteiger partial charge in [0.05, 0.1) is 17.2 Å². The highest BCUT2D eigenvalue weighted by molar-refractivity contribution is 6.33. The highest BCUT2D eigenvalue weighted by Gasteiger charge is 2.24. The SMILES string of the molecule is CCOc1cc(/C=C2/N=C(c3cccc(F)c3)OC2=O)ccc1OC(=O)c1ccccc1Cl. The van der Waals surface area contributed by atoms with Crippen LogP contribution in [0.5, 0.6) is 11.5 Å². The van der Waals surface area contributed by atoms with Crippen molar-refractivity contribution in [2.24, 2.45) is 4.99 Å². The number of esters is 2. The molecule has 0 unspecified atom stereocenters. The summed E-state index contributed by atoms with van der Waals surface area (Å²) < 4.78 is 29.7. The lowest BCUT2D eigenvalue weighted by Gasteiger charge is -2.12. The van der Waals surface area contributed by atoms with Gasteiger partial charge in [-0.2, -0.15) is 0 Å². The molecule has 0 fully saturated rings. The van der Waals surface area contributed by atoms with Crippen LogP contribution in [0.2, 0.25) is 5.02 Å². The molecule has 0 amide bonds. The van der Waals surface area contributed by atoms with Crippen LogP contribution >= 0.6 is 11.6 Å². The molecule has 3 aromatic carbocycles. The van der Waals surface area contributed by atoms with Crippen molar-refractivity contribution in [2.75, 3.05) is 6.61 Å². The monoisotopic (exact) mass is 465 g/mol. The van der Waals surface area contributed by atoms with Gasteiger partial charge in [-0.25, -0.2) is 19.0 Å². The zero-order valence-electron chi connectivity index (χ0n) is 17.4. The third-order valence-corrected chi connectivity index (χ3v) is 4.89. The van der Waals surface area contributed by atoms with E-state index in [1.54, 1.807) is 55.5 Å². The van der Waals surface area contributed by atoms with Crippen molar-refractivity contribution in [2.45, 2.75) is 6.92 Å². The molecular formula is C25H17ClFNO5. The lowest BCUT2D eigenvalue weighted by atomic mass is 10.1. The van der Waals surface area contributed by atoms with Crippen LogP contribution in [-0.2, 0) is 9.53 Å². The first-order chi connectivity index (χ1) is 15.9. The van der Waals surface area contributed by atoms with Gasteiger partial charge in [0.2, 0.25) is 5.90 Å². The largest absolute Gasteiger partial charge is 0.490 e. The van der Waals surface area contributed by atoms with Gasteiger partial charge in [0, 0.05) is 5.56 Å². The van der Waals surface area contributed by atoms with Crippen molar-refractivity contribution in [1.82, 2.24) is 0 Å². The fraction of sp³-hybridized carbons (Fsp3) is 0.0800. The van der Waals surface area contributed by atoms with Gasteiger partial charge in [-0.1, -0.05) is 35.9 Å². The number of hydrogen-bond donors (Lipinski definition) is 0. The molecule has 6 nitrogen and oxygen atoms in total. The normalized spacial score (nSPS) is 14.1. The summed E-state index contributed by atoms with van der Waals surface area (Å²) in [4.78, 5) is 28.9. The van der Waals surface area contributed by atoms with Crippen molar-refractivity contribution in [3.05, 3.63) is 100.0 Å². The van der Waals surface area contributed by atoms with Gasteiger partial charge in [0.15, 0.2) is 17.2 Å². The molecular weight excluding hydrogens is 449 g/mol. The molecule has 0 N–H and O–H groups in total. The molecule has 1 aliphatic rings. The lowest BCUT2D eigenvalue weighted by molar-refractivity contribution is -0.129. The summed E-state index contributed by atoms with van der Waals surface area (Å²) in [6.07, 6.45) is 1.50. The maximum Gasteiger partial charge on any atom is 0.363 e. The van der Waals surface area contributed by atoms with E-state index in [2.05, 4.69) is 4.99 Å². The Balaban J connectivity index is 1.61. The minimum absolute atomic E-state index is 0.0149. The van der Waals surface area contributed by atoms with Crippen LogP contribution in [0.4, 0.5) is 4.39 Å². The first-order valence-corrected chi connectivity index (χ1v) is 10.3. The highest BCUT2D eigenvalue weighted by atomic mass is 35.5. The van der Waals surface area contributed by atoms with Crippen molar-refractivity contribution < 1.29 is 28.2 Å². The summed E-state index contributed by atoms with van der Waals surface area (Å²) in [6, 6.07) is 16.9. The molecule has 0 saturated carbocycles. The van der Waals surface area contributed by atoms with Crippen molar-refractivity contribution in [1.29, 1.82) is 0 Å². The molecule has 0 aliphatic carbocycles. The molecule has 166 valence electrons. The van der Waals surface area contributed by atoms with Crippen LogP contribution in [-0.4, -0.2) is 24.4 Å². The second-order valence-electron chi connectivity index (χ2n) is 6.85. The van der Waals surface area contributed by atoms with Gasteiger partial charge < -0.3 is 14.2 Å². The molecule has 1 heterocycles. The summed E-state index contributed by atoms with van der Waals surface area (Å²) in [7, 11) is 0. The van der Waals surface area contributed by atoms with Gasteiger partial charge in [-0.05, 0) is 61.0 Å². The van der Waals surface area contributed by atoms with Crippen LogP contribution in [0.3, 0.4) is 0 Å². The van der Waals surface area contributed by atoms with Crippen molar-refractivity contribution >= 4 is 35.5 Å². The molecule has 33 heavy (non-hydrogen) atoms. The Hall–Kier alpha value is -3.97. The third-order valence-electron chi connectivity index (χ3n) is 4.56. The maximum absolute atomic E-state index is 13.5. The predicted octanol–water partition coefficient (Wildman–Crippen LogP) is 5.44. The van der Waals surface area contributed by atoms with Gasteiger partial charge in [0.1, 0.15) is 5.82 Å². The minimum atomic E-state index is -0.665. The molecule has 0 atom stereocenters. The molecule has 0 bridgehead atoms. The number of cyclic esters (lactones) is 1. The Morgan fingerprint density at radius 3 is 2.67 bits per heavy atom. The van der Waals surface area contributed by atoms with Gasteiger partial charge in [-0.3, -0.25) is 0 Å². The fourth-order valence-corrected chi connectivity index (χ4v) is 3.27. The van der Waals surface area contributed by atoms with E-state index in [4.69, 9.17) is 25.8 Å². The highest BCUT2D eigenvalue weighted by Crippen LogP contribution is 2.31. The van der Waals surface area contributed by atoms with Crippen LogP contribution in [0.15, 0.2) is 77.4 Å². The standard InChI is InChI=1S/C25H17ClFNO5/c1-2-31-22-13-15(10-11-21(22)32-24(29)18-8-3-4-9-19(18)26)12-20-25(30)33-23(28-20)16-6-5-7-17(27)14-16/h3-14H,2H2,1H3/b20-12+. The average Bonchev–Trinajstić information content (AvgIpc) is 3.16. The second kappa shape index (κ2) is 9.67. The number of rotatable bonds is 6. The number of halogens is 2. The van der Waals surface area contributed by atoms with Gasteiger partial charge >= 0.3 is 11.9 Å². The van der Waals surface area contributed by atoms with Crippen molar-refractivity contribution in [3.63, 3.8) is 0 Å². The molecule has 0 radical (unpaired) electrons. The zero-order valence-corrected chi connectivity index (χ0v) is 18.1. The first kappa shape index (κ1) is 22.2. The summed E-state index contributed by atoms with van der Waals surface area (Å²) >= 11 is 6.07. The van der Waals surface area contributed by atoms with Gasteiger partial charge in [0.25, 0.3) is 0 Å². The predicted molar refractivity (Wildman–Crippen MR) is 121 cm³/mol. The Morgan fingerprint density at radius 2 is 1.91 bits per heavy atom. The Kier molecular flexibility index (Phi) is 6.51. The van der Waals surface area contributed by atoms with Gasteiger partial charge in [-0.15, -0.1) is 0 Å². The van der Waals surface area contributed by atoms with E-state index in [1.165, 1.54) is 24.3 Å². The Morgan fingerprint density at radius 1 is 1.09 bits per heavy atom. The van der Waals surface area contributed by atoms with E-state index in [0.717, 1.165) is 0 Å². The van der Waals surface area contributed by atoms with Crippen LogP contribution < -0.4 is 9.47 Å². The van der Waals surface area contributed by atoms with Crippen LogP contribution in [0, 0.1) is 5.82 Å². The summed E-state index contributed by atoms with van der Waals surface area (Å²) in [5.74, 6) is -1.25. The Labute approximate surface area is 193 Å². The van der Waals surface area contributed by atoms with Crippen molar-refractivity contribution in [3.8, 4) is 11.5 Å². The lowest BCUT2D eigenvalue weighted by Crippen LogP contribution is -2.10. The number of nitrogens with zero attached hydrogens (tertiary/aromatic N) is 1. The molecule has 0 saturated heterocycles. The number of aliphatic imine (C=N–C) groups is 1. The van der Waals surface area contributed by atoms with E-state index in [0.29, 0.717) is 23.5 Å². The van der Waals surface area contributed by atoms with E-state index in [9.17, 15) is 14.0 Å². The van der Waals surface area contributed by atoms with E-state index < -0.39 is 17.8 Å². The Bertz CT molecular complexity index is 1300. The number of benzene rings is 3. The maximum atomic E-state index is 13.5. The quantitative estimate of drug-likeness (QED) is 0.275. The first-order valence-electron chi connectivity index (χ1n) is 9.96. The summed E-state index contributed by atoms with van der Waals surface area (Å²) in [5, 5.41) is 0.272. The molecule has 4 rings (SSSR count). The van der Waals surface area contributed by atoms with E-state index in [1.807, 2.05) is 0 Å². The number of ether oxygens (including phenoxy) is 3. The zero-order chi connectivity index (χ0) is 23.4. The molecule has 3 aromatic rings. The van der Waals surface area contributed by atoms with Crippen LogP contribution in [0.25, 0.3) is 6.08 Å². The van der Waals surface area contributed by atoms with E-state index in [-0.39, 0.29) is 27.9 Å². The molecule has 0 aromatic heterocycles. The van der Waals surface area contributed by atoms with Crippen LogP contribution in [0.1, 0.15) is 28.4 Å². The number of carbonyl (C=O) groups excluding carboxylic acids is 2. The summed E-state index contributed by atoms with van der Waals surface area (Å²) in [5.41, 5.74) is 1.18. The minimum Gasteiger partial charge on any atom is -0.490 e. The summed E-state index contributed by atoms with van der Waals surface area (Å²) in [6.45, 7) is 2.11. The molecule has 1 aliphatic heterocycles. The second-order valence-corrected chi connectivity index (χ2v) is 7.26. The average molecular weight is 466 g/mol. The third kappa shape index (κ3) is 5.10. The number of hydrogen-bond acceptors (Lipinski definition) is 6. The topological polar surface area (TPSA) is 74.2 Å². The van der Waals surface area contributed by atoms with E-state index >= 15 is 0 Å². The smallest absolute Gasteiger partial charge is 0.363 e. The fourth-order valence-electron chi connectivity index (χ4n) is 3.06.